The summed E-state index contributed by atoms with van der Waals surface area (Å²) in [5.74, 6) is 0.350. The third kappa shape index (κ3) is 3.05. The fourth-order valence-electron chi connectivity index (χ4n) is 1.94. The van der Waals surface area contributed by atoms with E-state index in [9.17, 15) is 4.79 Å². The van der Waals surface area contributed by atoms with Crippen molar-refractivity contribution in [3.63, 3.8) is 0 Å². The molecule has 0 amide bonds. The number of Topliss-reactive ketones (excluding diaryl/α,β-unsaturated/α-hetero) is 1. The molecule has 1 aromatic rings. The van der Waals surface area contributed by atoms with Crippen molar-refractivity contribution < 1.29 is 4.79 Å². The van der Waals surface area contributed by atoms with E-state index in [4.69, 9.17) is 11.6 Å². The van der Waals surface area contributed by atoms with Gasteiger partial charge in [-0.1, -0.05) is 23.7 Å². The molecule has 1 aromatic carbocycles. The van der Waals surface area contributed by atoms with Crippen molar-refractivity contribution in [3.8, 4) is 0 Å². The van der Waals surface area contributed by atoms with Crippen LogP contribution in [0.3, 0.4) is 0 Å². The summed E-state index contributed by atoms with van der Waals surface area (Å²) in [6.07, 6.45) is 1.73. The van der Waals surface area contributed by atoms with E-state index in [0.29, 0.717) is 12.3 Å². The number of hydrogen-bond donors (Lipinski definition) is 0. The lowest BCUT2D eigenvalue weighted by atomic mass is 10.1. The molecule has 0 atom stereocenters. The first-order valence-electron chi connectivity index (χ1n) is 5.22. The number of rotatable bonds is 2. The van der Waals surface area contributed by atoms with Gasteiger partial charge in [-0.3, -0.25) is 9.69 Å². The Bertz CT molecular complexity index is 364. The Balaban J connectivity index is 1.99. The van der Waals surface area contributed by atoms with Gasteiger partial charge in [0.15, 0.2) is 0 Å². The maximum atomic E-state index is 11.3. The number of piperidine rings is 1. The van der Waals surface area contributed by atoms with Crippen LogP contribution < -0.4 is 0 Å². The van der Waals surface area contributed by atoms with Gasteiger partial charge in [0.25, 0.3) is 0 Å². The van der Waals surface area contributed by atoms with Gasteiger partial charge in [-0.05, 0) is 30.7 Å². The van der Waals surface area contributed by atoms with E-state index >= 15 is 0 Å². The van der Waals surface area contributed by atoms with Gasteiger partial charge in [-0.2, -0.15) is 0 Å². The van der Waals surface area contributed by atoms with Crippen LogP contribution in [0.4, 0.5) is 0 Å². The van der Waals surface area contributed by atoms with Crippen LogP contribution in [0.1, 0.15) is 18.4 Å². The Morgan fingerprint density at radius 2 is 2.27 bits per heavy atom. The second kappa shape index (κ2) is 4.77. The van der Waals surface area contributed by atoms with Gasteiger partial charge < -0.3 is 0 Å². The molecule has 0 unspecified atom stereocenters. The molecule has 80 valence electrons. The monoisotopic (exact) mass is 223 g/mol. The summed E-state index contributed by atoms with van der Waals surface area (Å²) in [7, 11) is 0. The molecule has 0 aromatic heterocycles. The normalized spacial score (nSPS) is 18.1. The Hall–Kier alpha value is -0.860. The third-order valence-electron chi connectivity index (χ3n) is 2.63. The molecule has 1 aliphatic rings. The first-order chi connectivity index (χ1) is 7.24. The highest BCUT2D eigenvalue weighted by Crippen LogP contribution is 2.14. The molecule has 0 aliphatic carbocycles. The molecular formula is C12H14ClNO. The van der Waals surface area contributed by atoms with E-state index < -0.39 is 0 Å². The molecule has 0 N–H and O–H groups in total. The molecule has 1 heterocycles. The van der Waals surface area contributed by atoms with Crippen molar-refractivity contribution in [1.82, 2.24) is 4.90 Å². The molecule has 2 rings (SSSR count). The summed E-state index contributed by atoms with van der Waals surface area (Å²) in [4.78, 5) is 13.4. The van der Waals surface area contributed by atoms with E-state index in [0.717, 1.165) is 31.0 Å². The molecule has 0 bridgehead atoms. The zero-order valence-corrected chi connectivity index (χ0v) is 9.33. The van der Waals surface area contributed by atoms with E-state index in [-0.39, 0.29) is 0 Å². The minimum absolute atomic E-state index is 0.350. The van der Waals surface area contributed by atoms with Crippen LogP contribution in [0.25, 0.3) is 0 Å². The highest BCUT2D eigenvalue weighted by molar-refractivity contribution is 6.30. The average molecular weight is 224 g/mol. The first-order valence-corrected chi connectivity index (χ1v) is 5.60. The van der Waals surface area contributed by atoms with Crippen LogP contribution in [-0.4, -0.2) is 23.8 Å². The fourth-order valence-corrected chi connectivity index (χ4v) is 2.15. The number of benzene rings is 1. The predicted octanol–water partition coefficient (Wildman–Crippen LogP) is 2.50. The topological polar surface area (TPSA) is 20.3 Å². The average Bonchev–Trinajstić information content (AvgIpc) is 2.17. The molecule has 1 aliphatic heterocycles. The van der Waals surface area contributed by atoms with E-state index in [1.54, 1.807) is 0 Å². The smallest absolute Gasteiger partial charge is 0.146 e. The summed E-state index contributed by atoms with van der Waals surface area (Å²) >= 11 is 5.91. The van der Waals surface area contributed by atoms with Crippen LogP contribution in [0.5, 0.6) is 0 Å². The first kappa shape index (κ1) is 10.7. The number of nitrogens with zero attached hydrogens (tertiary/aromatic N) is 1. The van der Waals surface area contributed by atoms with Gasteiger partial charge in [-0.15, -0.1) is 0 Å². The molecule has 0 saturated carbocycles. The van der Waals surface area contributed by atoms with Crippen LogP contribution in [0.2, 0.25) is 5.02 Å². The largest absolute Gasteiger partial charge is 0.298 e. The van der Waals surface area contributed by atoms with Gasteiger partial charge in [0.1, 0.15) is 5.78 Å². The van der Waals surface area contributed by atoms with E-state index in [1.165, 1.54) is 5.56 Å². The molecule has 1 saturated heterocycles. The Kier molecular flexibility index (Phi) is 3.39. The van der Waals surface area contributed by atoms with Gasteiger partial charge in [0.05, 0.1) is 6.54 Å². The van der Waals surface area contributed by atoms with Crippen LogP contribution >= 0.6 is 11.6 Å². The van der Waals surface area contributed by atoms with Crippen LogP contribution in [0.15, 0.2) is 24.3 Å². The lowest BCUT2D eigenvalue weighted by Crippen LogP contribution is -2.34. The summed E-state index contributed by atoms with van der Waals surface area (Å²) in [5, 5.41) is 0.760. The highest BCUT2D eigenvalue weighted by Gasteiger charge is 2.16. The number of ketones is 1. The standard InChI is InChI=1S/C12H14ClNO/c13-11-4-1-3-10(7-11)8-14-6-2-5-12(15)9-14/h1,3-4,7H,2,5-6,8-9H2. The second-order valence-corrected chi connectivity index (χ2v) is 4.42. The van der Waals surface area contributed by atoms with E-state index in [2.05, 4.69) is 4.90 Å². The Labute approximate surface area is 94.8 Å². The van der Waals surface area contributed by atoms with Crippen molar-refractivity contribution in [2.75, 3.05) is 13.1 Å². The number of carbonyl (C=O) groups excluding carboxylic acids is 1. The Morgan fingerprint density at radius 1 is 1.40 bits per heavy atom. The van der Waals surface area contributed by atoms with Gasteiger partial charge in [-0.25, -0.2) is 0 Å². The highest BCUT2D eigenvalue weighted by atomic mass is 35.5. The Morgan fingerprint density at radius 3 is 3.00 bits per heavy atom. The second-order valence-electron chi connectivity index (χ2n) is 3.98. The summed E-state index contributed by atoms with van der Waals surface area (Å²) in [6, 6.07) is 7.82. The van der Waals surface area contributed by atoms with Gasteiger partial charge in [0.2, 0.25) is 0 Å². The number of likely N-dealkylation sites (tertiary alicyclic amines) is 1. The third-order valence-corrected chi connectivity index (χ3v) is 2.86. The van der Waals surface area contributed by atoms with Crippen molar-refractivity contribution in [2.24, 2.45) is 0 Å². The van der Waals surface area contributed by atoms with E-state index in [1.807, 2.05) is 24.3 Å². The molecular weight excluding hydrogens is 210 g/mol. The lowest BCUT2D eigenvalue weighted by Gasteiger charge is -2.25. The predicted molar refractivity (Wildman–Crippen MR) is 61.0 cm³/mol. The van der Waals surface area contributed by atoms with Crippen molar-refractivity contribution in [3.05, 3.63) is 34.9 Å². The zero-order valence-electron chi connectivity index (χ0n) is 8.58. The molecule has 15 heavy (non-hydrogen) atoms. The number of carbonyl (C=O) groups is 1. The molecule has 0 spiro atoms. The van der Waals surface area contributed by atoms with Crippen molar-refractivity contribution in [1.29, 1.82) is 0 Å². The summed E-state index contributed by atoms with van der Waals surface area (Å²) in [5.41, 5.74) is 1.18. The van der Waals surface area contributed by atoms with Crippen molar-refractivity contribution >= 4 is 17.4 Å². The van der Waals surface area contributed by atoms with Gasteiger partial charge in [0, 0.05) is 18.0 Å². The minimum atomic E-state index is 0.350. The maximum Gasteiger partial charge on any atom is 0.146 e. The molecule has 0 radical (unpaired) electrons. The number of halogens is 1. The molecule has 2 nitrogen and oxygen atoms in total. The lowest BCUT2D eigenvalue weighted by molar-refractivity contribution is -0.122. The maximum absolute atomic E-state index is 11.3. The summed E-state index contributed by atoms with van der Waals surface area (Å²) < 4.78 is 0. The van der Waals surface area contributed by atoms with Crippen LogP contribution in [0, 0.1) is 0 Å². The quantitative estimate of drug-likeness (QED) is 0.768. The minimum Gasteiger partial charge on any atom is -0.298 e. The zero-order chi connectivity index (χ0) is 10.7. The SMILES string of the molecule is O=C1CCCN(Cc2cccc(Cl)c2)C1. The van der Waals surface area contributed by atoms with Crippen molar-refractivity contribution in [2.45, 2.75) is 19.4 Å². The van der Waals surface area contributed by atoms with Gasteiger partial charge >= 0.3 is 0 Å². The molecule has 3 heteroatoms. The summed E-state index contributed by atoms with van der Waals surface area (Å²) in [6.45, 7) is 2.43. The fraction of sp³-hybridized carbons (Fsp3) is 0.417. The molecule has 1 fully saturated rings. The number of hydrogen-bond acceptors (Lipinski definition) is 2. The van der Waals surface area contributed by atoms with Crippen LogP contribution in [-0.2, 0) is 11.3 Å².